The third-order valence-electron chi connectivity index (χ3n) is 3.17. The van der Waals surface area contributed by atoms with Crippen molar-refractivity contribution in [3.05, 3.63) is 42.0 Å². The largest absolute Gasteiger partial charge is 0.312 e. The van der Waals surface area contributed by atoms with Gasteiger partial charge in [-0.25, -0.2) is 0 Å². The van der Waals surface area contributed by atoms with E-state index in [1.54, 1.807) is 0 Å². The van der Waals surface area contributed by atoms with E-state index in [-0.39, 0.29) is 0 Å². The third kappa shape index (κ3) is 4.33. The van der Waals surface area contributed by atoms with Gasteiger partial charge < -0.3 is 10.2 Å². The number of piperazine rings is 1. The minimum Gasteiger partial charge on any atom is -0.312 e. The van der Waals surface area contributed by atoms with E-state index in [4.69, 9.17) is 0 Å². The van der Waals surface area contributed by atoms with Gasteiger partial charge in [0.2, 0.25) is 0 Å². The second kappa shape index (κ2) is 6.58. The summed E-state index contributed by atoms with van der Waals surface area (Å²) in [6, 6.07) is 11.1. The Hall–Kier alpha value is -1.12. The van der Waals surface area contributed by atoms with Crippen LogP contribution in [0.2, 0.25) is 0 Å². The molecule has 1 aromatic rings. The number of nitrogens with zero attached hydrogens (tertiary/aromatic N) is 1. The van der Waals surface area contributed by atoms with Gasteiger partial charge in [-0.05, 0) is 18.9 Å². The summed E-state index contributed by atoms with van der Waals surface area (Å²) in [5.74, 6) is 0. The molecule has 1 aromatic carbocycles. The normalized spacial score (nSPS) is 22.1. The van der Waals surface area contributed by atoms with Crippen LogP contribution in [0.5, 0.6) is 0 Å². The van der Waals surface area contributed by atoms with Crippen LogP contribution < -0.4 is 5.32 Å². The van der Waals surface area contributed by atoms with Crippen molar-refractivity contribution in [2.75, 3.05) is 26.2 Å². The Morgan fingerprint density at radius 2 is 2.18 bits per heavy atom. The molecular formula is C15H22N2. The molecule has 1 heterocycles. The highest BCUT2D eigenvalue weighted by molar-refractivity contribution is 5.48. The quantitative estimate of drug-likeness (QED) is 0.854. The first-order valence-corrected chi connectivity index (χ1v) is 6.52. The number of hydrogen-bond donors (Lipinski definition) is 1. The second-order valence-electron chi connectivity index (χ2n) is 4.76. The fourth-order valence-electron chi connectivity index (χ4n) is 2.26. The topological polar surface area (TPSA) is 15.3 Å². The van der Waals surface area contributed by atoms with Gasteiger partial charge in [0, 0.05) is 32.2 Å². The second-order valence-corrected chi connectivity index (χ2v) is 4.76. The van der Waals surface area contributed by atoms with Gasteiger partial charge in [-0.2, -0.15) is 0 Å². The van der Waals surface area contributed by atoms with Gasteiger partial charge in [0.25, 0.3) is 0 Å². The van der Waals surface area contributed by atoms with Crippen LogP contribution >= 0.6 is 0 Å². The van der Waals surface area contributed by atoms with Crippen molar-refractivity contribution in [2.24, 2.45) is 0 Å². The van der Waals surface area contributed by atoms with E-state index in [2.05, 4.69) is 59.6 Å². The first-order chi connectivity index (χ1) is 8.34. The third-order valence-corrected chi connectivity index (χ3v) is 3.17. The van der Waals surface area contributed by atoms with Crippen molar-refractivity contribution in [3.63, 3.8) is 0 Å². The van der Waals surface area contributed by atoms with E-state index in [9.17, 15) is 0 Å². The van der Waals surface area contributed by atoms with Crippen LogP contribution in [0.15, 0.2) is 36.4 Å². The zero-order chi connectivity index (χ0) is 11.9. The predicted octanol–water partition coefficient (Wildman–Crippen LogP) is 2.38. The lowest BCUT2D eigenvalue weighted by Gasteiger charge is -2.31. The Morgan fingerprint density at radius 3 is 2.94 bits per heavy atom. The molecule has 0 saturated carbocycles. The first-order valence-electron chi connectivity index (χ1n) is 6.52. The van der Waals surface area contributed by atoms with Gasteiger partial charge in [0.1, 0.15) is 0 Å². The van der Waals surface area contributed by atoms with E-state index in [1.807, 2.05) is 0 Å². The Kier molecular flexibility index (Phi) is 4.77. The summed E-state index contributed by atoms with van der Waals surface area (Å²) in [6.45, 7) is 6.92. The van der Waals surface area contributed by atoms with Gasteiger partial charge in [-0.1, -0.05) is 42.5 Å². The summed E-state index contributed by atoms with van der Waals surface area (Å²) in [4.78, 5) is 2.54. The average molecular weight is 230 g/mol. The molecule has 92 valence electrons. The summed E-state index contributed by atoms with van der Waals surface area (Å²) < 4.78 is 0. The summed E-state index contributed by atoms with van der Waals surface area (Å²) in [5, 5.41) is 3.47. The van der Waals surface area contributed by atoms with Crippen molar-refractivity contribution in [3.8, 4) is 0 Å². The highest BCUT2D eigenvalue weighted by Gasteiger charge is 2.13. The zero-order valence-electron chi connectivity index (χ0n) is 10.6. The predicted molar refractivity (Wildman–Crippen MR) is 74.0 cm³/mol. The van der Waals surface area contributed by atoms with Gasteiger partial charge in [-0.15, -0.1) is 0 Å². The summed E-state index contributed by atoms with van der Waals surface area (Å²) >= 11 is 0. The number of nitrogens with one attached hydrogen (secondary N) is 1. The molecule has 2 rings (SSSR count). The molecule has 0 aromatic heterocycles. The monoisotopic (exact) mass is 230 g/mol. The standard InChI is InChI=1S/C15H22N2/c1-14-13-17(12-10-16-14)11-6-5-9-15-7-3-2-4-8-15/h2-5,7-9,14,16H,6,10-13H2,1H3/b9-5+. The van der Waals surface area contributed by atoms with Crippen LogP contribution in [-0.4, -0.2) is 37.1 Å². The molecule has 0 amide bonds. The van der Waals surface area contributed by atoms with Crippen molar-refractivity contribution in [1.82, 2.24) is 10.2 Å². The molecule has 17 heavy (non-hydrogen) atoms. The molecular weight excluding hydrogens is 208 g/mol. The lowest BCUT2D eigenvalue weighted by Crippen LogP contribution is -2.49. The molecule has 1 aliphatic heterocycles. The molecule has 1 saturated heterocycles. The molecule has 2 heteroatoms. The molecule has 0 radical (unpaired) electrons. The zero-order valence-corrected chi connectivity index (χ0v) is 10.6. The van der Waals surface area contributed by atoms with Gasteiger partial charge in [0.15, 0.2) is 0 Å². The maximum Gasteiger partial charge on any atom is 0.0167 e. The summed E-state index contributed by atoms with van der Waals surface area (Å²) in [5.41, 5.74) is 1.29. The highest BCUT2D eigenvalue weighted by Crippen LogP contribution is 2.04. The minimum atomic E-state index is 0.641. The molecule has 1 unspecified atom stereocenters. The van der Waals surface area contributed by atoms with Crippen molar-refractivity contribution < 1.29 is 0 Å². The van der Waals surface area contributed by atoms with E-state index in [0.717, 1.165) is 13.0 Å². The van der Waals surface area contributed by atoms with Gasteiger partial charge in [-0.3, -0.25) is 0 Å². The molecule has 1 N–H and O–H groups in total. The van der Waals surface area contributed by atoms with Crippen LogP contribution in [0.3, 0.4) is 0 Å². The lowest BCUT2D eigenvalue weighted by molar-refractivity contribution is 0.210. The maximum absolute atomic E-state index is 3.47. The Balaban J connectivity index is 1.70. The molecule has 1 aliphatic rings. The Bertz CT molecular complexity index is 345. The van der Waals surface area contributed by atoms with Crippen LogP contribution in [0.1, 0.15) is 18.9 Å². The smallest absolute Gasteiger partial charge is 0.0167 e. The van der Waals surface area contributed by atoms with E-state index >= 15 is 0 Å². The number of benzene rings is 1. The fraction of sp³-hybridized carbons (Fsp3) is 0.467. The Morgan fingerprint density at radius 1 is 1.35 bits per heavy atom. The number of rotatable bonds is 4. The molecule has 0 bridgehead atoms. The lowest BCUT2D eigenvalue weighted by atomic mass is 10.2. The van der Waals surface area contributed by atoms with E-state index in [1.165, 1.54) is 25.2 Å². The van der Waals surface area contributed by atoms with Crippen molar-refractivity contribution >= 4 is 6.08 Å². The Labute approximate surface area is 104 Å². The van der Waals surface area contributed by atoms with Crippen molar-refractivity contribution in [2.45, 2.75) is 19.4 Å². The van der Waals surface area contributed by atoms with Crippen LogP contribution in [0, 0.1) is 0 Å². The molecule has 2 nitrogen and oxygen atoms in total. The first kappa shape index (κ1) is 12.3. The van der Waals surface area contributed by atoms with Crippen molar-refractivity contribution in [1.29, 1.82) is 0 Å². The molecule has 1 atom stereocenters. The molecule has 1 fully saturated rings. The number of hydrogen-bond acceptors (Lipinski definition) is 2. The van der Waals surface area contributed by atoms with E-state index < -0.39 is 0 Å². The average Bonchev–Trinajstić information content (AvgIpc) is 2.36. The SMILES string of the molecule is CC1CN(CC/C=C/c2ccccc2)CCN1. The molecule has 0 aliphatic carbocycles. The highest BCUT2D eigenvalue weighted by atomic mass is 15.2. The summed E-state index contributed by atoms with van der Waals surface area (Å²) in [7, 11) is 0. The van der Waals surface area contributed by atoms with Crippen LogP contribution in [0.4, 0.5) is 0 Å². The maximum atomic E-state index is 3.47. The minimum absolute atomic E-state index is 0.641. The van der Waals surface area contributed by atoms with Crippen LogP contribution in [0.25, 0.3) is 6.08 Å². The van der Waals surface area contributed by atoms with Crippen LogP contribution in [-0.2, 0) is 0 Å². The summed E-state index contributed by atoms with van der Waals surface area (Å²) in [6.07, 6.45) is 5.63. The molecule has 0 spiro atoms. The van der Waals surface area contributed by atoms with Gasteiger partial charge in [0.05, 0.1) is 0 Å². The van der Waals surface area contributed by atoms with E-state index in [0.29, 0.717) is 6.04 Å². The fourth-order valence-corrected chi connectivity index (χ4v) is 2.26. The van der Waals surface area contributed by atoms with Gasteiger partial charge >= 0.3 is 0 Å².